The van der Waals surface area contributed by atoms with Crippen LogP contribution in [0.3, 0.4) is 0 Å². The summed E-state index contributed by atoms with van der Waals surface area (Å²) < 4.78 is 0. The van der Waals surface area contributed by atoms with Gasteiger partial charge in [0.05, 0.1) is 11.4 Å². The minimum atomic E-state index is 0.0836. The van der Waals surface area contributed by atoms with Crippen LogP contribution in [0.4, 0.5) is 11.4 Å². The van der Waals surface area contributed by atoms with Crippen molar-refractivity contribution in [1.29, 1.82) is 0 Å². The van der Waals surface area contributed by atoms with Crippen molar-refractivity contribution in [2.45, 2.75) is 71.4 Å². The van der Waals surface area contributed by atoms with Crippen molar-refractivity contribution in [2.75, 3.05) is 7.05 Å². The number of nitrogens with zero attached hydrogens (tertiary/aromatic N) is 3. The molecule has 0 bridgehead atoms. The van der Waals surface area contributed by atoms with Gasteiger partial charge < -0.3 is 0 Å². The number of piperidine rings is 1. The molecule has 2 aromatic carbocycles. The first-order valence-electron chi connectivity index (χ1n) is 10.7. The SMILES string of the molecule is CC(=Nc1ccccc1)C1CCCC(C(C)=Nc2ccccc2C(C)(C)C)N1C. The Morgan fingerprint density at radius 2 is 1.38 bits per heavy atom. The molecule has 2 unspecified atom stereocenters. The summed E-state index contributed by atoms with van der Waals surface area (Å²) in [7, 11) is 2.23. The number of aliphatic imine (C=N–C) groups is 2. The molecule has 1 aliphatic heterocycles. The Hall–Kier alpha value is -2.26. The van der Waals surface area contributed by atoms with Gasteiger partial charge in [-0.25, -0.2) is 0 Å². The van der Waals surface area contributed by atoms with Crippen molar-refractivity contribution in [3.63, 3.8) is 0 Å². The Balaban J connectivity index is 1.84. The molecule has 1 fully saturated rings. The predicted molar refractivity (Wildman–Crippen MR) is 126 cm³/mol. The lowest BCUT2D eigenvalue weighted by Gasteiger charge is -2.39. The van der Waals surface area contributed by atoms with Crippen molar-refractivity contribution >= 4 is 22.8 Å². The standard InChI is InChI=1S/C26H35N3/c1-19(27-21-13-8-7-9-14-21)24-17-12-18-25(29(24)6)20(2)28-23-16-11-10-15-22(23)26(3,4)5/h7-11,13-16,24-25H,12,17-18H2,1-6H3. The normalized spacial score (nSPS) is 22.0. The zero-order chi connectivity index (χ0) is 21.0. The molecular weight excluding hydrogens is 354 g/mol. The molecule has 0 amide bonds. The van der Waals surface area contributed by atoms with E-state index in [0.717, 1.165) is 24.2 Å². The molecule has 0 N–H and O–H groups in total. The van der Waals surface area contributed by atoms with Crippen LogP contribution >= 0.6 is 0 Å². The number of para-hydroxylation sites is 2. The summed E-state index contributed by atoms with van der Waals surface area (Å²) in [5.74, 6) is 0. The summed E-state index contributed by atoms with van der Waals surface area (Å²) in [6.07, 6.45) is 3.51. The molecule has 0 radical (unpaired) electrons. The molecule has 0 aliphatic carbocycles. The van der Waals surface area contributed by atoms with Gasteiger partial charge in [0, 0.05) is 23.5 Å². The zero-order valence-electron chi connectivity index (χ0n) is 18.8. The molecule has 2 aromatic rings. The van der Waals surface area contributed by atoms with Gasteiger partial charge in [0.2, 0.25) is 0 Å². The summed E-state index contributed by atoms with van der Waals surface area (Å²) >= 11 is 0. The molecule has 0 aromatic heterocycles. The second-order valence-corrected chi connectivity index (χ2v) is 9.24. The second kappa shape index (κ2) is 9.04. The van der Waals surface area contributed by atoms with E-state index in [1.54, 1.807) is 0 Å². The minimum absolute atomic E-state index is 0.0836. The van der Waals surface area contributed by atoms with E-state index in [0.29, 0.717) is 12.1 Å². The zero-order valence-corrected chi connectivity index (χ0v) is 18.8. The molecule has 1 saturated heterocycles. The maximum Gasteiger partial charge on any atom is 0.0666 e. The smallest absolute Gasteiger partial charge is 0.0666 e. The van der Waals surface area contributed by atoms with Crippen molar-refractivity contribution in [2.24, 2.45) is 9.98 Å². The Morgan fingerprint density at radius 3 is 2.00 bits per heavy atom. The maximum atomic E-state index is 5.11. The summed E-state index contributed by atoms with van der Waals surface area (Å²) in [4.78, 5) is 12.5. The van der Waals surface area contributed by atoms with Gasteiger partial charge in [0.25, 0.3) is 0 Å². The van der Waals surface area contributed by atoms with Crippen LogP contribution in [0.25, 0.3) is 0 Å². The number of hydrogen-bond donors (Lipinski definition) is 0. The summed E-state index contributed by atoms with van der Waals surface area (Å²) in [5.41, 5.74) is 5.90. The van der Waals surface area contributed by atoms with Gasteiger partial charge in [-0.1, -0.05) is 57.2 Å². The van der Waals surface area contributed by atoms with Crippen molar-refractivity contribution in [3.05, 3.63) is 60.2 Å². The van der Waals surface area contributed by atoms with Gasteiger partial charge in [0.15, 0.2) is 0 Å². The van der Waals surface area contributed by atoms with Crippen LogP contribution in [0, 0.1) is 0 Å². The topological polar surface area (TPSA) is 28.0 Å². The third kappa shape index (κ3) is 5.22. The molecule has 3 heteroatoms. The van der Waals surface area contributed by atoms with E-state index in [1.807, 2.05) is 18.2 Å². The van der Waals surface area contributed by atoms with Crippen LogP contribution in [-0.2, 0) is 5.41 Å². The second-order valence-electron chi connectivity index (χ2n) is 9.24. The van der Waals surface area contributed by atoms with E-state index in [1.165, 1.54) is 23.4 Å². The van der Waals surface area contributed by atoms with Crippen LogP contribution < -0.4 is 0 Å². The van der Waals surface area contributed by atoms with Crippen LogP contribution in [0.5, 0.6) is 0 Å². The summed E-state index contributed by atoms with van der Waals surface area (Å²) in [6, 6.07) is 19.5. The van der Waals surface area contributed by atoms with Gasteiger partial charge in [-0.3, -0.25) is 14.9 Å². The number of benzene rings is 2. The third-order valence-electron chi connectivity index (χ3n) is 5.97. The van der Waals surface area contributed by atoms with E-state index in [-0.39, 0.29) is 5.41 Å². The fraction of sp³-hybridized carbons (Fsp3) is 0.462. The average Bonchev–Trinajstić information content (AvgIpc) is 2.68. The molecule has 0 saturated carbocycles. The molecule has 154 valence electrons. The highest BCUT2D eigenvalue weighted by atomic mass is 15.2. The first kappa shape index (κ1) is 21.4. The highest BCUT2D eigenvalue weighted by Crippen LogP contribution is 2.32. The number of rotatable bonds is 4. The van der Waals surface area contributed by atoms with Crippen molar-refractivity contribution in [1.82, 2.24) is 4.90 Å². The van der Waals surface area contributed by atoms with E-state index in [2.05, 4.69) is 83.0 Å². The summed E-state index contributed by atoms with van der Waals surface area (Å²) in [6.45, 7) is 11.1. The van der Waals surface area contributed by atoms with E-state index in [9.17, 15) is 0 Å². The predicted octanol–water partition coefficient (Wildman–Crippen LogP) is 6.72. The number of likely N-dealkylation sites (tertiary alicyclic amines) is 1. The molecule has 0 spiro atoms. The average molecular weight is 390 g/mol. The van der Waals surface area contributed by atoms with Gasteiger partial charge in [0.1, 0.15) is 0 Å². The van der Waals surface area contributed by atoms with Gasteiger partial charge in [-0.05, 0) is 69.3 Å². The Bertz CT molecular complexity index is 874. The molecule has 3 nitrogen and oxygen atoms in total. The van der Waals surface area contributed by atoms with Crippen molar-refractivity contribution < 1.29 is 0 Å². The van der Waals surface area contributed by atoms with E-state index >= 15 is 0 Å². The highest BCUT2D eigenvalue weighted by Gasteiger charge is 2.31. The molecule has 1 aliphatic rings. The van der Waals surface area contributed by atoms with E-state index in [4.69, 9.17) is 9.98 Å². The lowest BCUT2D eigenvalue weighted by Crippen LogP contribution is -2.50. The lowest BCUT2D eigenvalue weighted by atomic mass is 9.85. The monoisotopic (exact) mass is 389 g/mol. The lowest BCUT2D eigenvalue weighted by molar-refractivity contribution is 0.197. The Labute approximate surface area is 176 Å². The minimum Gasteiger partial charge on any atom is -0.290 e. The van der Waals surface area contributed by atoms with E-state index < -0.39 is 0 Å². The fourth-order valence-corrected chi connectivity index (χ4v) is 4.39. The number of hydrogen-bond acceptors (Lipinski definition) is 3. The third-order valence-corrected chi connectivity index (χ3v) is 5.97. The molecular formula is C26H35N3. The Kier molecular flexibility index (Phi) is 6.69. The molecule has 3 rings (SSSR count). The van der Waals surface area contributed by atoms with Gasteiger partial charge in [-0.15, -0.1) is 0 Å². The Morgan fingerprint density at radius 1 is 0.828 bits per heavy atom. The van der Waals surface area contributed by atoms with Gasteiger partial charge >= 0.3 is 0 Å². The first-order valence-corrected chi connectivity index (χ1v) is 10.7. The molecule has 2 atom stereocenters. The fourth-order valence-electron chi connectivity index (χ4n) is 4.39. The van der Waals surface area contributed by atoms with Crippen LogP contribution in [-0.4, -0.2) is 35.5 Å². The van der Waals surface area contributed by atoms with Crippen LogP contribution in [0.2, 0.25) is 0 Å². The highest BCUT2D eigenvalue weighted by molar-refractivity contribution is 5.93. The largest absolute Gasteiger partial charge is 0.290 e. The van der Waals surface area contributed by atoms with Crippen LogP contribution in [0.15, 0.2) is 64.6 Å². The first-order chi connectivity index (χ1) is 13.8. The summed E-state index contributed by atoms with van der Waals surface area (Å²) in [5, 5.41) is 0. The quantitative estimate of drug-likeness (QED) is 0.533. The molecule has 29 heavy (non-hydrogen) atoms. The molecule has 1 heterocycles. The van der Waals surface area contributed by atoms with Crippen LogP contribution in [0.1, 0.15) is 59.4 Å². The van der Waals surface area contributed by atoms with Crippen molar-refractivity contribution in [3.8, 4) is 0 Å². The maximum absolute atomic E-state index is 5.11. The van der Waals surface area contributed by atoms with Gasteiger partial charge in [-0.2, -0.15) is 0 Å².